The second-order valence-corrected chi connectivity index (χ2v) is 6.32. The summed E-state index contributed by atoms with van der Waals surface area (Å²) in [5, 5.41) is 15.8. The number of anilines is 2. The molecule has 1 heterocycles. The normalized spacial score (nSPS) is 10.5. The SMILES string of the molecule is Clc1ccc(CNc2nncc(NCCc3cccc(Cl)c3)n2)cc1. The molecule has 3 rings (SSSR count). The maximum Gasteiger partial charge on any atom is 0.244 e. The van der Waals surface area contributed by atoms with Crippen molar-refractivity contribution < 1.29 is 0 Å². The largest absolute Gasteiger partial charge is 0.368 e. The van der Waals surface area contributed by atoms with Crippen molar-refractivity contribution in [1.82, 2.24) is 15.2 Å². The van der Waals surface area contributed by atoms with E-state index in [0.717, 1.165) is 23.6 Å². The van der Waals surface area contributed by atoms with Crippen molar-refractivity contribution in [3.8, 4) is 0 Å². The van der Waals surface area contributed by atoms with E-state index in [1.807, 2.05) is 48.5 Å². The summed E-state index contributed by atoms with van der Waals surface area (Å²) in [7, 11) is 0. The van der Waals surface area contributed by atoms with E-state index in [4.69, 9.17) is 23.2 Å². The lowest BCUT2D eigenvalue weighted by Gasteiger charge is -2.08. The number of hydrogen-bond donors (Lipinski definition) is 2. The molecule has 128 valence electrons. The highest BCUT2D eigenvalue weighted by atomic mass is 35.5. The Labute approximate surface area is 156 Å². The first-order chi connectivity index (χ1) is 12.2. The highest BCUT2D eigenvalue weighted by Gasteiger charge is 2.01. The van der Waals surface area contributed by atoms with Gasteiger partial charge in [0.1, 0.15) is 0 Å². The molecule has 0 atom stereocenters. The van der Waals surface area contributed by atoms with Crippen LogP contribution in [0, 0.1) is 0 Å². The zero-order valence-corrected chi connectivity index (χ0v) is 14.9. The quantitative estimate of drug-likeness (QED) is 0.640. The van der Waals surface area contributed by atoms with Crippen LogP contribution in [0.2, 0.25) is 10.0 Å². The Morgan fingerprint density at radius 3 is 2.52 bits per heavy atom. The molecule has 5 nitrogen and oxygen atoms in total. The highest BCUT2D eigenvalue weighted by molar-refractivity contribution is 6.30. The molecule has 0 fully saturated rings. The minimum absolute atomic E-state index is 0.475. The standard InChI is InChI=1S/C18H17Cl2N5/c19-15-6-4-14(5-7-15)11-22-18-24-17(12-23-25-18)21-9-8-13-2-1-3-16(20)10-13/h1-7,10,12H,8-9,11H2,(H2,21,22,24,25). The van der Waals surface area contributed by atoms with Crippen LogP contribution in [0.1, 0.15) is 11.1 Å². The first-order valence-corrected chi connectivity index (χ1v) is 8.61. The average Bonchev–Trinajstić information content (AvgIpc) is 2.62. The molecule has 3 aromatic rings. The van der Waals surface area contributed by atoms with Gasteiger partial charge in [0.25, 0.3) is 0 Å². The number of nitrogens with one attached hydrogen (secondary N) is 2. The van der Waals surface area contributed by atoms with E-state index in [1.54, 1.807) is 6.20 Å². The molecule has 25 heavy (non-hydrogen) atoms. The Balaban J connectivity index is 1.51. The van der Waals surface area contributed by atoms with E-state index >= 15 is 0 Å². The lowest BCUT2D eigenvalue weighted by Crippen LogP contribution is -2.10. The first kappa shape index (κ1) is 17.5. The van der Waals surface area contributed by atoms with Gasteiger partial charge in [-0.25, -0.2) is 0 Å². The first-order valence-electron chi connectivity index (χ1n) is 7.85. The summed E-state index contributed by atoms with van der Waals surface area (Å²) in [4.78, 5) is 4.41. The minimum atomic E-state index is 0.475. The van der Waals surface area contributed by atoms with Crippen molar-refractivity contribution in [2.45, 2.75) is 13.0 Å². The van der Waals surface area contributed by atoms with Crippen molar-refractivity contribution in [3.05, 3.63) is 75.9 Å². The number of aromatic nitrogens is 3. The fourth-order valence-electron chi connectivity index (χ4n) is 2.27. The summed E-state index contributed by atoms with van der Waals surface area (Å²) in [6.07, 6.45) is 2.45. The molecule has 0 spiro atoms. The van der Waals surface area contributed by atoms with Gasteiger partial charge in [0.15, 0.2) is 5.82 Å². The Morgan fingerprint density at radius 1 is 0.880 bits per heavy atom. The molecule has 0 saturated heterocycles. The third kappa shape index (κ3) is 5.59. The zero-order chi connectivity index (χ0) is 17.5. The Morgan fingerprint density at radius 2 is 1.72 bits per heavy atom. The van der Waals surface area contributed by atoms with Gasteiger partial charge in [-0.15, -0.1) is 5.10 Å². The van der Waals surface area contributed by atoms with Crippen LogP contribution in [0.5, 0.6) is 0 Å². The molecule has 0 aliphatic carbocycles. The van der Waals surface area contributed by atoms with E-state index in [2.05, 4.69) is 25.8 Å². The van der Waals surface area contributed by atoms with Crippen LogP contribution in [0.15, 0.2) is 54.7 Å². The predicted molar refractivity (Wildman–Crippen MR) is 102 cm³/mol. The lowest BCUT2D eigenvalue weighted by molar-refractivity contribution is 0.929. The Kier molecular flexibility index (Phi) is 6.04. The van der Waals surface area contributed by atoms with Crippen molar-refractivity contribution in [1.29, 1.82) is 0 Å². The number of nitrogens with zero attached hydrogens (tertiary/aromatic N) is 3. The smallest absolute Gasteiger partial charge is 0.244 e. The van der Waals surface area contributed by atoms with E-state index in [1.165, 1.54) is 5.56 Å². The van der Waals surface area contributed by atoms with Crippen LogP contribution in [-0.4, -0.2) is 21.7 Å². The number of benzene rings is 2. The molecule has 1 aromatic heterocycles. The molecule has 2 N–H and O–H groups in total. The molecule has 0 unspecified atom stereocenters. The lowest BCUT2D eigenvalue weighted by atomic mass is 10.1. The van der Waals surface area contributed by atoms with E-state index in [0.29, 0.717) is 23.3 Å². The molecule has 7 heteroatoms. The second-order valence-electron chi connectivity index (χ2n) is 5.45. The molecule has 0 saturated carbocycles. The molecule has 0 bridgehead atoms. The third-order valence-corrected chi connectivity index (χ3v) is 4.02. The average molecular weight is 374 g/mol. The van der Waals surface area contributed by atoms with Gasteiger partial charge < -0.3 is 10.6 Å². The van der Waals surface area contributed by atoms with Gasteiger partial charge in [0.2, 0.25) is 5.95 Å². The van der Waals surface area contributed by atoms with E-state index < -0.39 is 0 Å². The summed E-state index contributed by atoms with van der Waals surface area (Å²) in [5.74, 6) is 1.15. The maximum absolute atomic E-state index is 5.99. The Bertz CT molecular complexity index is 824. The van der Waals surface area contributed by atoms with Crippen molar-refractivity contribution >= 4 is 35.0 Å². The van der Waals surface area contributed by atoms with Crippen LogP contribution in [0.3, 0.4) is 0 Å². The van der Waals surface area contributed by atoms with E-state index in [-0.39, 0.29) is 0 Å². The van der Waals surface area contributed by atoms with Gasteiger partial charge in [0, 0.05) is 23.1 Å². The summed E-state index contributed by atoms with van der Waals surface area (Å²) >= 11 is 11.9. The molecule has 0 aliphatic rings. The fraction of sp³-hybridized carbons (Fsp3) is 0.167. The van der Waals surface area contributed by atoms with Crippen LogP contribution in [-0.2, 0) is 13.0 Å². The van der Waals surface area contributed by atoms with Crippen LogP contribution >= 0.6 is 23.2 Å². The third-order valence-electron chi connectivity index (χ3n) is 3.53. The van der Waals surface area contributed by atoms with Gasteiger partial charge in [-0.3, -0.25) is 0 Å². The van der Waals surface area contributed by atoms with Gasteiger partial charge in [-0.1, -0.05) is 47.5 Å². The van der Waals surface area contributed by atoms with Crippen molar-refractivity contribution in [3.63, 3.8) is 0 Å². The topological polar surface area (TPSA) is 62.7 Å². The summed E-state index contributed by atoms with van der Waals surface area (Å²) in [5.41, 5.74) is 2.26. The number of rotatable bonds is 7. The number of halogens is 2. The van der Waals surface area contributed by atoms with Crippen LogP contribution < -0.4 is 10.6 Å². The van der Waals surface area contributed by atoms with Gasteiger partial charge >= 0.3 is 0 Å². The Hall–Kier alpha value is -2.37. The molecule has 2 aromatic carbocycles. The molecule has 0 amide bonds. The molecular weight excluding hydrogens is 357 g/mol. The van der Waals surface area contributed by atoms with Gasteiger partial charge in [-0.05, 0) is 41.8 Å². The van der Waals surface area contributed by atoms with Gasteiger partial charge in [-0.2, -0.15) is 10.1 Å². The fourth-order valence-corrected chi connectivity index (χ4v) is 2.61. The van der Waals surface area contributed by atoms with Gasteiger partial charge in [0.05, 0.1) is 6.20 Å². The molecular formula is C18H17Cl2N5. The molecule has 0 aliphatic heterocycles. The monoisotopic (exact) mass is 373 g/mol. The van der Waals surface area contributed by atoms with E-state index in [9.17, 15) is 0 Å². The predicted octanol–water partition coefficient (Wildman–Crippen LogP) is 4.45. The summed E-state index contributed by atoms with van der Waals surface area (Å²) in [6, 6.07) is 15.4. The summed E-state index contributed by atoms with van der Waals surface area (Å²) < 4.78 is 0. The minimum Gasteiger partial charge on any atom is -0.368 e. The zero-order valence-electron chi connectivity index (χ0n) is 13.4. The van der Waals surface area contributed by atoms with Crippen molar-refractivity contribution in [2.75, 3.05) is 17.2 Å². The van der Waals surface area contributed by atoms with Crippen LogP contribution in [0.4, 0.5) is 11.8 Å². The highest BCUT2D eigenvalue weighted by Crippen LogP contribution is 2.12. The molecule has 0 radical (unpaired) electrons. The second kappa shape index (κ2) is 8.65. The number of hydrogen-bond acceptors (Lipinski definition) is 5. The van der Waals surface area contributed by atoms with Crippen molar-refractivity contribution in [2.24, 2.45) is 0 Å². The van der Waals surface area contributed by atoms with Crippen LogP contribution in [0.25, 0.3) is 0 Å². The summed E-state index contributed by atoms with van der Waals surface area (Å²) in [6.45, 7) is 1.33. The maximum atomic E-state index is 5.99.